The highest BCUT2D eigenvalue weighted by atomic mass is 16.6. The number of carbonyl (C=O) groups is 1. The van der Waals surface area contributed by atoms with E-state index in [9.17, 15) is 10.1 Å². The molecule has 1 fully saturated rings. The van der Waals surface area contributed by atoms with Gasteiger partial charge in [0.1, 0.15) is 28.9 Å². The lowest BCUT2D eigenvalue weighted by atomic mass is 9.76. The largest absolute Gasteiger partial charge is 0.444 e. The lowest BCUT2D eigenvalue weighted by molar-refractivity contribution is 0.0178. The molecule has 5 aromatic rings. The smallest absolute Gasteiger partial charge is 0.410 e. The van der Waals surface area contributed by atoms with E-state index in [0.29, 0.717) is 25.3 Å². The highest BCUT2D eigenvalue weighted by Gasteiger charge is 2.40. The number of nitriles is 1. The second kappa shape index (κ2) is 11.8. The fraction of sp³-hybridized carbons (Fsp3) is 0.278. The van der Waals surface area contributed by atoms with Crippen LogP contribution in [-0.4, -0.2) is 50.3 Å². The standard InChI is InChI=1S/C36H36N6O2/c1-35(2,3)44-34(43)41-23-26(22-37)21-30(24-41)40-32-31-19-20-42(33(31)39-25-38-32)36(27-13-7-4-8-14-27,28-15-9-5-10-16-28)29-17-11-6-12-18-29/h4-20,25-26,30H,21,23-24H2,1-3H3,(H,38,39,40)/t26-,30+/m0/s1. The van der Waals surface area contributed by atoms with E-state index in [1.807, 2.05) is 45.0 Å². The lowest BCUT2D eigenvalue weighted by Crippen LogP contribution is -2.50. The molecule has 0 radical (unpaired) electrons. The maximum atomic E-state index is 12.9. The topological polar surface area (TPSA) is 96.1 Å². The molecular weight excluding hydrogens is 548 g/mol. The van der Waals surface area contributed by atoms with Gasteiger partial charge in [0.25, 0.3) is 0 Å². The molecule has 1 aliphatic heterocycles. The quantitative estimate of drug-likeness (QED) is 0.220. The number of rotatable bonds is 6. The molecule has 3 heterocycles. The van der Waals surface area contributed by atoms with Gasteiger partial charge in [-0.15, -0.1) is 0 Å². The predicted molar refractivity (Wildman–Crippen MR) is 171 cm³/mol. The molecule has 0 spiro atoms. The molecule has 8 heteroatoms. The number of aromatic nitrogens is 3. The monoisotopic (exact) mass is 584 g/mol. The van der Waals surface area contributed by atoms with Crippen molar-refractivity contribution in [1.82, 2.24) is 19.4 Å². The van der Waals surface area contributed by atoms with Crippen LogP contribution in [0.4, 0.5) is 10.6 Å². The van der Waals surface area contributed by atoms with E-state index < -0.39 is 17.2 Å². The Morgan fingerprint density at radius 1 is 0.864 bits per heavy atom. The van der Waals surface area contributed by atoms with Gasteiger partial charge in [-0.1, -0.05) is 91.0 Å². The summed E-state index contributed by atoms with van der Waals surface area (Å²) >= 11 is 0. The molecule has 2 atom stereocenters. The van der Waals surface area contributed by atoms with Gasteiger partial charge >= 0.3 is 6.09 Å². The van der Waals surface area contributed by atoms with Crippen molar-refractivity contribution in [3.63, 3.8) is 0 Å². The van der Waals surface area contributed by atoms with E-state index in [1.54, 1.807) is 11.2 Å². The van der Waals surface area contributed by atoms with Crippen molar-refractivity contribution in [2.24, 2.45) is 5.92 Å². The van der Waals surface area contributed by atoms with Crippen molar-refractivity contribution in [2.45, 2.75) is 44.4 Å². The van der Waals surface area contributed by atoms with Crippen molar-refractivity contribution < 1.29 is 9.53 Å². The van der Waals surface area contributed by atoms with Crippen LogP contribution in [0.5, 0.6) is 0 Å². The van der Waals surface area contributed by atoms with Crippen molar-refractivity contribution in [3.05, 3.63) is 126 Å². The Labute approximate surface area is 257 Å². The van der Waals surface area contributed by atoms with E-state index in [4.69, 9.17) is 9.72 Å². The van der Waals surface area contributed by atoms with E-state index in [2.05, 4.69) is 99.9 Å². The summed E-state index contributed by atoms with van der Waals surface area (Å²) in [6, 6.07) is 35.6. The molecule has 1 saturated heterocycles. The van der Waals surface area contributed by atoms with Crippen molar-refractivity contribution in [3.8, 4) is 6.07 Å². The normalized spacial score (nSPS) is 17.2. The summed E-state index contributed by atoms with van der Waals surface area (Å²) in [6.45, 7) is 6.27. The van der Waals surface area contributed by atoms with E-state index in [-0.39, 0.29) is 12.0 Å². The molecule has 6 rings (SSSR count). The Morgan fingerprint density at radius 3 is 1.95 bits per heavy atom. The number of nitrogens with zero attached hydrogens (tertiary/aromatic N) is 5. The van der Waals surface area contributed by atoms with Crippen LogP contribution in [0.2, 0.25) is 0 Å². The first-order chi connectivity index (χ1) is 21.3. The van der Waals surface area contributed by atoms with Gasteiger partial charge in [0.15, 0.2) is 0 Å². The van der Waals surface area contributed by atoms with Gasteiger partial charge in [-0.25, -0.2) is 14.8 Å². The lowest BCUT2D eigenvalue weighted by Gasteiger charge is -2.38. The van der Waals surface area contributed by atoms with Crippen LogP contribution in [0.1, 0.15) is 43.9 Å². The highest BCUT2D eigenvalue weighted by molar-refractivity contribution is 5.88. The van der Waals surface area contributed by atoms with Gasteiger partial charge in [0.2, 0.25) is 0 Å². The minimum absolute atomic E-state index is 0.190. The molecule has 1 amide bonds. The third-order valence-electron chi connectivity index (χ3n) is 8.04. The van der Waals surface area contributed by atoms with E-state index in [0.717, 1.165) is 27.7 Å². The summed E-state index contributed by atoms with van der Waals surface area (Å²) in [5.41, 5.74) is 2.71. The van der Waals surface area contributed by atoms with Gasteiger partial charge < -0.3 is 19.5 Å². The number of benzene rings is 3. The number of piperidine rings is 1. The number of hydrogen-bond donors (Lipinski definition) is 1. The average molecular weight is 585 g/mol. The number of fused-ring (bicyclic) bond motifs is 1. The van der Waals surface area contributed by atoms with Crippen LogP contribution in [-0.2, 0) is 10.3 Å². The van der Waals surface area contributed by atoms with Crippen molar-refractivity contribution in [2.75, 3.05) is 18.4 Å². The van der Waals surface area contributed by atoms with Gasteiger partial charge in [0.05, 0.1) is 17.4 Å². The average Bonchev–Trinajstić information content (AvgIpc) is 3.47. The van der Waals surface area contributed by atoms with Crippen LogP contribution < -0.4 is 5.32 Å². The second-order valence-electron chi connectivity index (χ2n) is 12.2. The number of amides is 1. The summed E-state index contributed by atoms with van der Waals surface area (Å²) in [7, 11) is 0. The molecular formula is C36H36N6O2. The Kier molecular flexibility index (Phi) is 7.79. The summed E-state index contributed by atoms with van der Waals surface area (Å²) in [5.74, 6) is 0.335. The molecule has 0 saturated carbocycles. The van der Waals surface area contributed by atoms with Gasteiger partial charge in [-0.3, -0.25) is 0 Å². The summed E-state index contributed by atoms with van der Waals surface area (Å²) in [6.07, 6.45) is 3.82. The maximum absolute atomic E-state index is 12.9. The summed E-state index contributed by atoms with van der Waals surface area (Å²) in [4.78, 5) is 24.0. The minimum Gasteiger partial charge on any atom is -0.444 e. The van der Waals surface area contributed by atoms with Crippen molar-refractivity contribution in [1.29, 1.82) is 5.26 Å². The predicted octanol–water partition coefficient (Wildman–Crippen LogP) is 6.83. The molecule has 0 unspecified atom stereocenters. The number of likely N-dealkylation sites (tertiary alicyclic amines) is 1. The van der Waals surface area contributed by atoms with Crippen LogP contribution >= 0.6 is 0 Å². The summed E-state index contributed by atoms with van der Waals surface area (Å²) in [5, 5.41) is 14.2. The molecule has 2 aromatic heterocycles. The number of hydrogen-bond acceptors (Lipinski definition) is 6. The van der Waals surface area contributed by atoms with Gasteiger partial charge in [-0.2, -0.15) is 5.26 Å². The fourth-order valence-electron chi connectivity index (χ4n) is 6.26. The van der Waals surface area contributed by atoms with Crippen LogP contribution in [0.3, 0.4) is 0 Å². The van der Waals surface area contributed by atoms with Crippen LogP contribution in [0.15, 0.2) is 110 Å². The first-order valence-electron chi connectivity index (χ1n) is 14.9. The van der Waals surface area contributed by atoms with Crippen LogP contribution in [0.25, 0.3) is 11.0 Å². The molecule has 222 valence electrons. The highest BCUT2D eigenvalue weighted by Crippen LogP contribution is 2.43. The van der Waals surface area contributed by atoms with Crippen LogP contribution in [0, 0.1) is 17.2 Å². The molecule has 1 N–H and O–H groups in total. The number of anilines is 1. The molecule has 0 bridgehead atoms. The summed E-state index contributed by atoms with van der Waals surface area (Å²) < 4.78 is 7.85. The minimum atomic E-state index is -0.721. The Bertz CT molecular complexity index is 1680. The first-order valence-corrected chi connectivity index (χ1v) is 14.9. The molecule has 44 heavy (non-hydrogen) atoms. The molecule has 8 nitrogen and oxygen atoms in total. The Morgan fingerprint density at radius 2 is 1.43 bits per heavy atom. The zero-order valence-corrected chi connectivity index (χ0v) is 25.2. The zero-order valence-electron chi connectivity index (χ0n) is 25.2. The van der Waals surface area contributed by atoms with E-state index >= 15 is 0 Å². The zero-order chi connectivity index (χ0) is 30.7. The Hall–Kier alpha value is -5.16. The third-order valence-corrected chi connectivity index (χ3v) is 8.04. The fourth-order valence-corrected chi connectivity index (χ4v) is 6.26. The number of ether oxygens (including phenoxy) is 1. The molecule has 3 aromatic carbocycles. The SMILES string of the molecule is CC(C)(C)OC(=O)N1C[C@H](C#N)C[C@@H](Nc2ncnc3c2ccn3C(c2ccccc2)(c2ccccc2)c2ccccc2)C1. The molecule has 1 aliphatic rings. The van der Waals surface area contributed by atoms with E-state index in [1.165, 1.54) is 0 Å². The number of nitrogens with one attached hydrogen (secondary N) is 1. The Balaban J connectivity index is 1.45. The second-order valence-corrected chi connectivity index (χ2v) is 12.2. The third kappa shape index (κ3) is 5.49. The first kappa shape index (κ1) is 28.9. The maximum Gasteiger partial charge on any atom is 0.410 e. The number of carbonyl (C=O) groups excluding carboxylic acids is 1. The van der Waals surface area contributed by atoms with Crippen molar-refractivity contribution >= 4 is 22.9 Å². The molecule has 0 aliphatic carbocycles. The van der Waals surface area contributed by atoms with Gasteiger partial charge in [-0.05, 0) is 49.9 Å². The van der Waals surface area contributed by atoms with Gasteiger partial charge in [0, 0.05) is 25.3 Å².